The van der Waals surface area contributed by atoms with Gasteiger partial charge in [0, 0.05) is 11.6 Å². The first kappa shape index (κ1) is 13.4. The molecule has 1 fully saturated rings. The molecule has 0 amide bonds. The zero-order valence-electron chi connectivity index (χ0n) is 10.8. The highest BCUT2D eigenvalue weighted by molar-refractivity contribution is 6.31. The van der Waals surface area contributed by atoms with E-state index >= 15 is 0 Å². The van der Waals surface area contributed by atoms with E-state index in [2.05, 4.69) is 17.9 Å². The van der Waals surface area contributed by atoms with Crippen molar-refractivity contribution < 1.29 is 0 Å². The summed E-state index contributed by atoms with van der Waals surface area (Å²) < 4.78 is 0. The Labute approximate surface area is 114 Å². The lowest BCUT2D eigenvalue weighted by Crippen LogP contribution is -2.33. The lowest BCUT2D eigenvalue weighted by Gasteiger charge is -2.31. The monoisotopic (exact) mass is 262 g/mol. The second-order valence-electron chi connectivity index (χ2n) is 5.05. The summed E-state index contributed by atoms with van der Waals surface area (Å²) in [5.74, 6) is 0.901. The predicted molar refractivity (Wildman–Crippen MR) is 74.5 cm³/mol. The van der Waals surface area contributed by atoms with E-state index in [1.807, 2.05) is 12.1 Å². The summed E-state index contributed by atoms with van der Waals surface area (Å²) in [6.07, 6.45) is 3.89. The first-order valence-corrected chi connectivity index (χ1v) is 7.01. The quantitative estimate of drug-likeness (QED) is 0.828. The van der Waals surface area contributed by atoms with Gasteiger partial charge in [-0.3, -0.25) is 4.90 Å². The molecule has 2 nitrogen and oxygen atoms in total. The van der Waals surface area contributed by atoms with Gasteiger partial charge in [-0.25, -0.2) is 0 Å². The third kappa shape index (κ3) is 3.25. The van der Waals surface area contributed by atoms with Crippen LogP contribution in [-0.2, 0) is 6.54 Å². The molecule has 96 valence electrons. The van der Waals surface area contributed by atoms with Crippen molar-refractivity contribution in [1.82, 2.24) is 4.90 Å². The zero-order chi connectivity index (χ0) is 13.0. The Morgan fingerprint density at radius 1 is 1.39 bits per heavy atom. The van der Waals surface area contributed by atoms with Crippen molar-refractivity contribution >= 4 is 11.6 Å². The van der Waals surface area contributed by atoms with Crippen LogP contribution in [0.25, 0.3) is 0 Å². The number of benzene rings is 1. The maximum absolute atomic E-state index is 8.81. The molecular formula is C15H19ClN2. The molecule has 1 heterocycles. The highest BCUT2D eigenvalue weighted by atomic mass is 35.5. The van der Waals surface area contributed by atoms with Crippen molar-refractivity contribution in [2.75, 3.05) is 13.1 Å². The Hall–Kier alpha value is -1.04. The topological polar surface area (TPSA) is 27.0 Å². The lowest BCUT2D eigenvalue weighted by atomic mass is 9.94. The molecule has 0 unspecified atom stereocenters. The third-order valence-electron chi connectivity index (χ3n) is 3.86. The zero-order valence-corrected chi connectivity index (χ0v) is 11.6. The van der Waals surface area contributed by atoms with Crippen molar-refractivity contribution in [3.63, 3.8) is 0 Å². The van der Waals surface area contributed by atoms with Crippen LogP contribution in [0.15, 0.2) is 18.2 Å². The van der Waals surface area contributed by atoms with E-state index in [1.54, 1.807) is 6.07 Å². The Morgan fingerprint density at radius 2 is 2.11 bits per heavy atom. The van der Waals surface area contributed by atoms with Crippen LogP contribution < -0.4 is 0 Å². The minimum Gasteiger partial charge on any atom is -0.299 e. The Balaban J connectivity index is 1.96. The lowest BCUT2D eigenvalue weighted by molar-refractivity contribution is 0.175. The van der Waals surface area contributed by atoms with Gasteiger partial charge >= 0.3 is 0 Å². The number of halogens is 1. The molecule has 0 atom stereocenters. The van der Waals surface area contributed by atoms with Crippen LogP contribution in [0.1, 0.15) is 37.3 Å². The van der Waals surface area contributed by atoms with E-state index in [4.69, 9.17) is 16.9 Å². The summed E-state index contributed by atoms with van der Waals surface area (Å²) in [5, 5.41) is 9.53. The Kier molecular flexibility index (Phi) is 4.63. The molecule has 0 bridgehead atoms. The second kappa shape index (κ2) is 6.22. The van der Waals surface area contributed by atoms with Gasteiger partial charge in [0.05, 0.1) is 11.6 Å². The fourth-order valence-electron chi connectivity index (χ4n) is 2.54. The standard InChI is InChI=1S/C15H19ClN2/c1-2-12-5-7-18(8-6-12)11-14-4-3-13(10-17)9-15(14)16/h3-4,9,12H,2,5-8,11H2,1H3. The van der Waals surface area contributed by atoms with Crippen LogP contribution in [-0.4, -0.2) is 18.0 Å². The summed E-state index contributed by atoms with van der Waals surface area (Å²) in [6, 6.07) is 7.70. The number of rotatable bonds is 3. The Bertz CT molecular complexity index is 442. The molecule has 3 heteroatoms. The highest BCUT2D eigenvalue weighted by Gasteiger charge is 2.18. The van der Waals surface area contributed by atoms with Crippen molar-refractivity contribution in [3.8, 4) is 6.07 Å². The van der Waals surface area contributed by atoms with Crippen molar-refractivity contribution in [3.05, 3.63) is 34.3 Å². The third-order valence-corrected chi connectivity index (χ3v) is 4.21. The number of nitrogens with zero attached hydrogens (tertiary/aromatic N) is 2. The van der Waals surface area contributed by atoms with Gasteiger partial charge in [-0.2, -0.15) is 5.26 Å². The molecule has 1 aliphatic heterocycles. The summed E-state index contributed by atoms with van der Waals surface area (Å²) >= 11 is 6.21. The number of nitriles is 1. The van der Waals surface area contributed by atoms with E-state index in [9.17, 15) is 0 Å². The van der Waals surface area contributed by atoms with Gasteiger partial charge in [0.15, 0.2) is 0 Å². The van der Waals surface area contributed by atoms with Gasteiger partial charge in [-0.15, -0.1) is 0 Å². The average Bonchev–Trinajstić information content (AvgIpc) is 2.42. The van der Waals surface area contributed by atoms with Gasteiger partial charge < -0.3 is 0 Å². The first-order valence-electron chi connectivity index (χ1n) is 6.63. The molecule has 0 aromatic heterocycles. The largest absolute Gasteiger partial charge is 0.299 e. The maximum Gasteiger partial charge on any atom is 0.0992 e. The van der Waals surface area contributed by atoms with Crippen molar-refractivity contribution in [2.24, 2.45) is 5.92 Å². The van der Waals surface area contributed by atoms with Crippen LogP contribution in [0.5, 0.6) is 0 Å². The fourth-order valence-corrected chi connectivity index (χ4v) is 2.78. The van der Waals surface area contributed by atoms with Gasteiger partial charge in [-0.05, 0) is 49.5 Å². The molecule has 0 N–H and O–H groups in total. The molecule has 0 radical (unpaired) electrons. The van der Waals surface area contributed by atoms with Crippen LogP contribution in [0, 0.1) is 17.2 Å². The van der Waals surface area contributed by atoms with E-state index in [1.165, 1.54) is 19.3 Å². The van der Waals surface area contributed by atoms with Crippen molar-refractivity contribution in [2.45, 2.75) is 32.7 Å². The SMILES string of the molecule is CCC1CCN(Cc2ccc(C#N)cc2Cl)CC1. The minimum atomic E-state index is 0.633. The summed E-state index contributed by atoms with van der Waals surface area (Å²) in [5.41, 5.74) is 1.76. The molecule has 1 aromatic rings. The van der Waals surface area contributed by atoms with Crippen LogP contribution in [0.3, 0.4) is 0 Å². The van der Waals surface area contributed by atoms with Gasteiger partial charge in [0.2, 0.25) is 0 Å². The fraction of sp³-hybridized carbons (Fsp3) is 0.533. The molecule has 1 aromatic carbocycles. The molecule has 0 aliphatic carbocycles. The van der Waals surface area contributed by atoms with Gasteiger partial charge in [-0.1, -0.05) is 31.0 Å². The van der Waals surface area contributed by atoms with E-state index in [0.717, 1.165) is 31.1 Å². The minimum absolute atomic E-state index is 0.633. The smallest absolute Gasteiger partial charge is 0.0992 e. The van der Waals surface area contributed by atoms with Crippen LogP contribution in [0.2, 0.25) is 5.02 Å². The summed E-state index contributed by atoms with van der Waals surface area (Å²) in [7, 11) is 0. The molecule has 0 saturated carbocycles. The number of likely N-dealkylation sites (tertiary alicyclic amines) is 1. The number of piperidine rings is 1. The first-order chi connectivity index (χ1) is 8.72. The summed E-state index contributed by atoms with van der Waals surface area (Å²) in [6.45, 7) is 5.50. The number of hydrogen-bond donors (Lipinski definition) is 0. The second-order valence-corrected chi connectivity index (χ2v) is 5.45. The Morgan fingerprint density at radius 3 is 2.67 bits per heavy atom. The van der Waals surface area contributed by atoms with Crippen LogP contribution in [0.4, 0.5) is 0 Å². The van der Waals surface area contributed by atoms with Crippen LogP contribution >= 0.6 is 11.6 Å². The maximum atomic E-state index is 8.81. The molecule has 1 saturated heterocycles. The summed E-state index contributed by atoms with van der Waals surface area (Å²) in [4.78, 5) is 2.46. The highest BCUT2D eigenvalue weighted by Crippen LogP contribution is 2.24. The van der Waals surface area contributed by atoms with Gasteiger partial charge in [0.1, 0.15) is 0 Å². The van der Waals surface area contributed by atoms with E-state index < -0.39 is 0 Å². The molecule has 0 spiro atoms. The molecular weight excluding hydrogens is 244 g/mol. The predicted octanol–water partition coefficient (Wildman–Crippen LogP) is 3.83. The van der Waals surface area contributed by atoms with Gasteiger partial charge in [0.25, 0.3) is 0 Å². The van der Waals surface area contributed by atoms with Crippen molar-refractivity contribution in [1.29, 1.82) is 5.26 Å². The number of hydrogen-bond acceptors (Lipinski definition) is 2. The van der Waals surface area contributed by atoms with E-state index in [-0.39, 0.29) is 0 Å². The molecule has 2 rings (SSSR count). The molecule has 1 aliphatic rings. The molecule has 18 heavy (non-hydrogen) atoms. The normalized spacial score (nSPS) is 17.6. The van der Waals surface area contributed by atoms with E-state index in [0.29, 0.717) is 10.6 Å². The average molecular weight is 263 g/mol.